The van der Waals surface area contributed by atoms with E-state index >= 15 is 0 Å². The third kappa shape index (κ3) is 2.58. The van der Waals surface area contributed by atoms with Gasteiger partial charge in [0.2, 0.25) is 5.91 Å². The molecule has 2 heterocycles. The molecule has 1 aliphatic heterocycles. The van der Waals surface area contributed by atoms with E-state index in [1.807, 2.05) is 30.5 Å². The minimum absolute atomic E-state index is 0.0720. The fourth-order valence-corrected chi connectivity index (χ4v) is 2.51. The summed E-state index contributed by atoms with van der Waals surface area (Å²) in [7, 11) is 0. The van der Waals surface area contributed by atoms with Crippen LogP contribution < -0.4 is 5.32 Å². The zero-order valence-corrected chi connectivity index (χ0v) is 11.4. The molecule has 0 bridgehead atoms. The lowest BCUT2D eigenvalue weighted by molar-refractivity contribution is -0.114. The van der Waals surface area contributed by atoms with Gasteiger partial charge in [-0.05, 0) is 24.6 Å². The van der Waals surface area contributed by atoms with E-state index < -0.39 is 0 Å². The molecule has 1 aromatic carbocycles. The topological polar surface area (TPSA) is 56.2 Å². The molecule has 104 valence electrons. The Morgan fingerprint density at radius 2 is 2.40 bits per heavy atom. The van der Waals surface area contributed by atoms with E-state index in [4.69, 9.17) is 4.74 Å². The lowest BCUT2D eigenvalue weighted by Gasteiger charge is -2.13. The summed E-state index contributed by atoms with van der Waals surface area (Å²) in [5.41, 5.74) is 1.79. The predicted octanol–water partition coefficient (Wildman–Crippen LogP) is 2.33. The van der Waals surface area contributed by atoms with Gasteiger partial charge in [-0.3, -0.25) is 4.79 Å². The SMILES string of the molecule is CC(=O)Nc1cccc(-n2ccnc2[C@@H]2CCOC2)c1. The van der Waals surface area contributed by atoms with E-state index in [0.717, 1.165) is 36.8 Å². The van der Waals surface area contributed by atoms with Crippen molar-refractivity contribution >= 4 is 11.6 Å². The van der Waals surface area contributed by atoms with Gasteiger partial charge in [0.15, 0.2) is 0 Å². The first-order valence-electron chi connectivity index (χ1n) is 6.73. The molecule has 5 nitrogen and oxygen atoms in total. The number of ether oxygens (including phenoxy) is 1. The number of imidazole rings is 1. The third-order valence-corrected chi connectivity index (χ3v) is 3.41. The number of carbonyl (C=O) groups excluding carboxylic acids is 1. The molecular weight excluding hydrogens is 254 g/mol. The molecule has 1 N–H and O–H groups in total. The molecule has 0 unspecified atom stereocenters. The summed E-state index contributed by atoms with van der Waals surface area (Å²) in [6, 6.07) is 7.75. The number of nitrogens with one attached hydrogen (secondary N) is 1. The van der Waals surface area contributed by atoms with Gasteiger partial charge in [0, 0.05) is 43.2 Å². The zero-order valence-electron chi connectivity index (χ0n) is 11.4. The number of carbonyl (C=O) groups is 1. The first-order chi connectivity index (χ1) is 9.74. The second-order valence-electron chi connectivity index (χ2n) is 4.95. The summed E-state index contributed by atoms with van der Waals surface area (Å²) in [4.78, 5) is 15.6. The number of rotatable bonds is 3. The van der Waals surface area contributed by atoms with Crippen molar-refractivity contribution in [3.63, 3.8) is 0 Å². The molecule has 0 saturated carbocycles. The van der Waals surface area contributed by atoms with Gasteiger partial charge in [0.1, 0.15) is 5.82 Å². The Morgan fingerprint density at radius 3 is 3.15 bits per heavy atom. The van der Waals surface area contributed by atoms with Crippen LogP contribution in [0.3, 0.4) is 0 Å². The van der Waals surface area contributed by atoms with E-state index in [1.165, 1.54) is 6.92 Å². The zero-order chi connectivity index (χ0) is 13.9. The van der Waals surface area contributed by atoms with Gasteiger partial charge in [0.25, 0.3) is 0 Å². The quantitative estimate of drug-likeness (QED) is 0.932. The first kappa shape index (κ1) is 12.9. The lowest BCUT2D eigenvalue weighted by Crippen LogP contribution is -2.09. The maximum absolute atomic E-state index is 11.1. The van der Waals surface area contributed by atoms with Crippen LogP contribution in [-0.2, 0) is 9.53 Å². The van der Waals surface area contributed by atoms with E-state index in [-0.39, 0.29) is 5.91 Å². The van der Waals surface area contributed by atoms with Crippen molar-refractivity contribution in [3.05, 3.63) is 42.5 Å². The van der Waals surface area contributed by atoms with Crippen LogP contribution >= 0.6 is 0 Å². The smallest absolute Gasteiger partial charge is 0.221 e. The summed E-state index contributed by atoms with van der Waals surface area (Å²) in [5, 5.41) is 2.80. The molecule has 0 radical (unpaired) electrons. The molecule has 20 heavy (non-hydrogen) atoms. The number of amides is 1. The van der Waals surface area contributed by atoms with Crippen LogP contribution in [0.5, 0.6) is 0 Å². The van der Waals surface area contributed by atoms with E-state index in [2.05, 4.69) is 14.9 Å². The van der Waals surface area contributed by atoms with Gasteiger partial charge in [-0.1, -0.05) is 6.07 Å². The molecule has 3 rings (SSSR count). The van der Waals surface area contributed by atoms with Crippen LogP contribution in [0.2, 0.25) is 0 Å². The van der Waals surface area contributed by atoms with Gasteiger partial charge in [-0.15, -0.1) is 0 Å². The van der Waals surface area contributed by atoms with Crippen molar-refractivity contribution in [2.24, 2.45) is 0 Å². The Kier molecular flexibility index (Phi) is 3.52. The van der Waals surface area contributed by atoms with Gasteiger partial charge in [-0.25, -0.2) is 4.98 Å². The van der Waals surface area contributed by atoms with Gasteiger partial charge in [-0.2, -0.15) is 0 Å². The fraction of sp³-hybridized carbons (Fsp3) is 0.333. The Balaban J connectivity index is 1.92. The molecule has 1 atom stereocenters. The van der Waals surface area contributed by atoms with Crippen LogP contribution in [-0.4, -0.2) is 28.7 Å². The number of hydrogen-bond donors (Lipinski definition) is 1. The molecule has 1 fully saturated rings. The highest BCUT2D eigenvalue weighted by Crippen LogP contribution is 2.26. The van der Waals surface area contributed by atoms with Gasteiger partial charge < -0.3 is 14.6 Å². The summed E-state index contributed by atoms with van der Waals surface area (Å²) in [5.74, 6) is 1.29. The fourth-order valence-electron chi connectivity index (χ4n) is 2.51. The van der Waals surface area contributed by atoms with Crippen LogP contribution in [0.4, 0.5) is 5.69 Å². The highest BCUT2D eigenvalue weighted by atomic mass is 16.5. The number of anilines is 1. The standard InChI is InChI=1S/C15H17N3O2/c1-11(19)17-13-3-2-4-14(9-13)18-7-6-16-15(18)12-5-8-20-10-12/h2-4,6-7,9,12H,5,8,10H2,1H3,(H,17,19)/t12-/m1/s1. The molecule has 1 aromatic heterocycles. The molecule has 1 saturated heterocycles. The number of benzene rings is 1. The number of aromatic nitrogens is 2. The lowest BCUT2D eigenvalue weighted by atomic mass is 10.1. The average molecular weight is 271 g/mol. The van der Waals surface area contributed by atoms with E-state index in [9.17, 15) is 4.79 Å². The first-order valence-corrected chi connectivity index (χ1v) is 6.73. The summed E-state index contributed by atoms with van der Waals surface area (Å²) in [6.07, 6.45) is 4.75. The molecule has 1 aliphatic rings. The maximum atomic E-state index is 11.1. The molecule has 1 amide bonds. The van der Waals surface area contributed by atoms with Crippen molar-refractivity contribution in [2.45, 2.75) is 19.3 Å². The third-order valence-electron chi connectivity index (χ3n) is 3.41. The van der Waals surface area contributed by atoms with Crippen molar-refractivity contribution in [3.8, 4) is 5.69 Å². The second-order valence-corrected chi connectivity index (χ2v) is 4.95. The van der Waals surface area contributed by atoms with Crippen molar-refractivity contribution in [1.82, 2.24) is 9.55 Å². The summed E-state index contributed by atoms with van der Waals surface area (Å²) in [6.45, 7) is 3.02. The molecule has 0 aliphatic carbocycles. The van der Waals surface area contributed by atoms with E-state index in [0.29, 0.717) is 5.92 Å². The van der Waals surface area contributed by atoms with Crippen LogP contribution in [0, 0.1) is 0 Å². The Morgan fingerprint density at radius 1 is 1.50 bits per heavy atom. The summed E-state index contributed by atoms with van der Waals surface area (Å²) < 4.78 is 7.50. The van der Waals surface area contributed by atoms with Gasteiger partial charge in [0.05, 0.1) is 6.61 Å². The predicted molar refractivity (Wildman–Crippen MR) is 76.0 cm³/mol. The molecule has 2 aromatic rings. The number of nitrogens with zero attached hydrogens (tertiary/aromatic N) is 2. The normalized spacial score (nSPS) is 18.1. The minimum atomic E-state index is -0.0720. The van der Waals surface area contributed by atoms with Crippen LogP contribution in [0.25, 0.3) is 5.69 Å². The molecular formula is C15H17N3O2. The van der Waals surface area contributed by atoms with Crippen molar-refractivity contribution in [2.75, 3.05) is 18.5 Å². The van der Waals surface area contributed by atoms with Crippen LogP contribution in [0.1, 0.15) is 25.1 Å². The Hall–Kier alpha value is -2.14. The molecule has 0 spiro atoms. The number of hydrogen-bond acceptors (Lipinski definition) is 3. The van der Waals surface area contributed by atoms with Crippen LogP contribution in [0.15, 0.2) is 36.7 Å². The van der Waals surface area contributed by atoms with Crippen molar-refractivity contribution < 1.29 is 9.53 Å². The summed E-state index contributed by atoms with van der Waals surface area (Å²) >= 11 is 0. The van der Waals surface area contributed by atoms with E-state index in [1.54, 1.807) is 6.20 Å². The molecule has 5 heteroatoms. The van der Waals surface area contributed by atoms with Gasteiger partial charge >= 0.3 is 0 Å². The maximum Gasteiger partial charge on any atom is 0.221 e. The highest BCUT2D eigenvalue weighted by Gasteiger charge is 2.22. The highest BCUT2D eigenvalue weighted by molar-refractivity contribution is 5.88. The minimum Gasteiger partial charge on any atom is -0.381 e. The monoisotopic (exact) mass is 271 g/mol. The Bertz CT molecular complexity index is 615. The largest absolute Gasteiger partial charge is 0.381 e. The average Bonchev–Trinajstić information content (AvgIpc) is 3.09. The Labute approximate surface area is 117 Å². The van der Waals surface area contributed by atoms with Crippen molar-refractivity contribution in [1.29, 1.82) is 0 Å². The second kappa shape index (κ2) is 5.46.